The zero-order valence-corrected chi connectivity index (χ0v) is 13.2. The lowest BCUT2D eigenvalue weighted by Crippen LogP contribution is -2.15. The van der Waals surface area contributed by atoms with Gasteiger partial charge in [0.25, 0.3) is 10.0 Å². The topological polar surface area (TPSA) is 59.1 Å². The smallest absolute Gasteiger partial charge is 0.262 e. The third kappa shape index (κ3) is 3.20. The molecule has 1 aromatic heterocycles. The van der Waals surface area contributed by atoms with Crippen LogP contribution in [0.1, 0.15) is 0 Å². The molecule has 0 saturated heterocycles. The Morgan fingerprint density at radius 3 is 2.42 bits per heavy atom. The van der Waals surface area contributed by atoms with Gasteiger partial charge in [0.15, 0.2) is 5.82 Å². The molecular formula is C11H7BrCl2N2O2S. The minimum atomic E-state index is -3.87. The van der Waals surface area contributed by atoms with Gasteiger partial charge in [0.1, 0.15) is 4.90 Å². The van der Waals surface area contributed by atoms with Crippen LogP contribution in [0.4, 0.5) is 5.82 Å². The Bertz CT molecular complexity index is 702. The van der Waals surface area contributed by atoms with Crippen LogP contribution in [0.25, 0.3) is 0 Å². The highest BCUT2D eigenvalue weighted by Crippen LogP contribution is 2.31. The normalized spacial score (nSPS) is 11.3. The molecule has 8 heteroatoms. The van der Waals surface area contributed by atoms with Crippen molar-refractivity contribution >= 4 is 55.0 Å². The van der Waals surface area contributed by atoms with Crippen LogP contribution in [-0.2, 0) is 10.0 Å². The van der Waals surface area contributed by atoms with Crippen molar-refractivity contribution in [3.63, 3.8) is 0 Å². The van der Waals surface area contributed by atoms with Gasteiger partial charge in [-0.2, -0.15) is 0 Å². The Hall–Kier alpha value is -0.820. The predicted molar refractivity (Wildman–Crippen MR) is 79.2 cm³/mol. The van der Waals surface area contributed by atoms with Gasteiger partial charge in [0, 0.05) is 10.7 Å². The summed E-state index contributed by atoms with van der Waals surface area (Å²) < 4.78 is 27.2. The van der Waals surface area contributed by atoms with E-state index in [0.29, 0.717) is 4.47 Å². The lowest BCUT2D eigenvalue weighted by atomic mass is 10.4. The fourth-order valence-electron chi connectivity index (χ4n) is 1.38. The Morgan fingerprint density at radius 1 is 1.11 bits per heavy atom. The van der Waals surface area contributed by atoms with Crippen molar-refractivity contribution < 1.29 is 8.42 Å². The minimum absolute atomic E-state index is 0.0518. The maximum atomic E-state index is 12.3. The Balaban J connectivity index is 2.47. The molecule has 0 aliphatic rings. The van der Waals surface area contributed by atoms with Crippen molar-refractivity contribution in [1.29, 1.82) is 0 Å². The lowest BCUT2D eigenvalue weighted by Gasteiger charge is -2.11. The second-order valence-corrected chi connectivity index (χ2v) is 6.78. The predicted octanol–water partition coefficient (Wildman–Crippen LogP) is 3.95. The number of rotatable bonds is 3. The molecule has 0 spiro atoms. The van der Waals surface area contributed by atoms with E-state index in [4.69, 9.17) is 23.2 Å². The van der Waals surface area contributed by atoms with Gasteiger partial charge >= 0.3 is 0 Å². The van der Waals surface area contributed by atoms with Gasteiger partial charge in [-0.15, -0.1) is 0 Å². The van der Waals surface area contributed by atoms with E-state index in [-0.39, 0.29) is 20.8 Å². The van der Waals surface area contributed by atoms with Crippen LogP contribution in [0.5, 0.6) is 0 Å². The molecule has 0 aliphatic carbocycles. The highest BCUT2D eigenvalue weighted by atomic mass is 79.9. The third-order valence-electron chi connectivity index (χ3n) is 2.18. The Morgan fingerprint density at radius 2 is 1.79 bits per heavy atom. The van der Waals surface area contributed by atoms with E-state index >= 15 is 0 Å². The molecule has 19 heavy (non-hydrogen) atoms. The van der Waals surface area contributed by atoms with Crippen molar-refractivity contribution in [3.05, 3.63) is 51.0 Å². The van der Waals surface area contributed by atoms with E-state index in [1.54, 1.807) is 18.2 Å². The molecule has 1 N–H and O–H groups in total. The number of pyridine rings is 1. The number of hydrogen-bond acceptors (Lipinski definition) is 3. The number of anilines is 1. The van der Waals surface area contributed by atoms with Crippen LogP contribution in [0.2, 0.25) is 10.0 Å². The second-order valence-electron chi connectivity index (χ2n) is 3.49. The van der Waals surface area contributed by atoms with E-state index in [0.717, 1.165) is 0 Å². The molecule has 0 fully saturated rings. The number of halogens is 3. The standard InChI is InChI=1S/C11H7BrCl2N2O2S/c12-7-3-1-4-8(13)10(7)19(17,18)16-11-9(14)5-2-6-15-11/h1-6H,(H,15,16). The van der Waals surface area contributed by atoms with Crippen molar-refractivity contribution in [3.8, 4) is 0 Å². The summed E-state index contributed by atoms with van der Waals surface area (Å²) in [5.41, 5.74) is 0. The fourth-order valence-corrected chi connectivity index (χ4v) is 4.37. The van der Waals surface area contributed by atoms with Crippen LogP contribution >= 0.6 is 39.1 Å². The zero-order chi connectivity index (χ0) is 14.0. The molecule has 1 heterocycles. The summed E-state index contributed by atoms with van der Waals surface area (Å²) in [7, 11) is -3.87. The second kappa shape index (κ2) is 5.66. The number of sulfonamides is 1. The molecule has 0 saturated carbocycles. The molecule has 0 radical (unpaired) electrons. The quantitative estimate of drug-likeness (QED) is 0.875. The third-order valence-corrected chi connectivity index (χ3v) is 5.27. The summed E-state index contributed by atoms with van der Waals surface area (Å²) in [6, 6.07) is 7.85. The van der Waals surface area contributed by atoms with E-state index in [1.165, 1.54) is 18.3 Å². The minimum Gasteiger partial charge on any atom is -0.262 e. The summed E-state index contributed by atoms with van der Waals surface area (Å²) in [4.78, 5) is 3.81. The van der Waals surface area contributed by atoms with E-state index in [1.807, 2.05) is 0 Å². The van der Waals surface area contributed by atoms with Crippen LogP contribution in [-0.4, -0.2) is 13.4 Å². The monoisotopic (exact) mass is 380 g/mol. The van der Waals surface area contributed by atoms with E-state index in [9.17, 15) is 8.42 Å². The molecule has 1 aromatic carbocycles. The summed E-state index contributed by atoms with van der Waals surface area (Å²) in [6.07, 6.45) is 1.44. The molecule has 2 rings (SSSR count). The zero-order valence-electron chi connectivity index (χ0n) is 9.27. The first-order chi connectivity index (χ1) is 8.92. The maximum absolute atomic E-state index is 12.3. The van der Waals surface area contributed by atoms with Gasteiger partial charge in [-0.05, 0) is 40.2 Å². The van der Waals surface area contributed by atoms with Crippen molar-refractivity contribution in [2.75, 3.05) is 4.72 Å². The van der Waals surface area contributed by atoms with E-state index in [2.05, 4.69) is 25.6 Å². The first-order valence-electron chi connectivity index (χ1n) is 4.99. The number of benzene rings is 1. The SMILES string of the molecule is O=S(=O)(Nc1ncccc1Cl)c1c(Cl)cccc1Br. The van der Waals surface area contributed by atoms with Gasteiger partial charge in [0.05, 0.1) is 10.0 Å². The Kier molecular flexibility index (Phi) is 4.35. The highest BCUT2D eigenvalue weighted by Gasteiger charge is 2.22. The first kappa shape index (κ1) is 14.6. The van der Waals surface area contributed by atoms with Crippen LogP contribution in [0.3, 0.4) is 0 Å². The van der Waals surface area contributed by atoms with Crippen LogP contribution in [0, 0.1) is 0 Å². The number of nitrogens with one attached hydrogen (secondary N) is 1. The number of nitrogens with zero attached hydrogens (tertiary/aromatic N) is 1. The summed E-state index contributed by atoms with van der Waals surface area (Å²) in [5, 5.41) is 0.308. The van der Waals surface area contributed by atoms with Crippen LogP contribution < -0.4 is 4.72 Å². The largest absolute Gasteiger partial charge is 0.265 e. The van der Waals surface area contributed by atoms with Crippen LogP contribution in [0.15, 0.2) is 45.9 Å². The molecule has 0 unspecified atom stereocenters. The van der Waals surface area contributed by atoms with Gasteiger partial charge in [0.2, 0.25) is 0 Å². The van der Waals surface area contributed by atoms with Crippen molar-refractivity contribution in [2.45, 2.75) is 4.90 Å². The summed E-state index contributed by atoms with van der Waals surface area (Å²) in [5.74, 6) is 0.0518. The maximum Gasteiger partial charge on any atom is 0.265 e. The van der Waals surface area contributed by atoms with Gasteiger partial charge in [-0.25, -0.2) is 13.4 Å². The molecule has 4 nitrogen and oxygen atoms in total. The van der Waals surface area contributed by atoms with Crippen molar-refractivity contribution in [1.82, 2.24) is 4.98 Å². The average molecular weight is 382 g/mol. The molecule has 0 aliphatic heterocycles. The molecule has 100 valence electrons. The van der Waals surface area contributed by atoms with E-state index < -0.39 is 10.0 Å². The lowest BCUT2D eigenvalue weighted by molar-refractivity contribution is 0.600. The molecule has 2 aromatic rings. The van der Waals surface area contributed by atoms with Gasteiger partial charge in [-0.3, -0.25) is 4.72 Å². The Labute approximate surface area is 128 Å². The number of hydrogen-bond donors (Lipinski definition) is 1. The average Bonchev–Trinajstić information content (AvgIpc) is 2.31. The number of aromatic nitrogens is 1. The van der Waals surface area contributed by atoms with Gasteiger partial charge in [-0.1, -0.05) is 29.3 Å². The molecule has 0 amide bonds. The summed E-state index contributed by atoms with van der Waals surface area (Å²) >= 11 is 14.9. The van der Waals surface area contributed by atoms with Gasteiger partial charge < -0.3 is 0 Å². The summed E-state index contributed by atoms with van der Waals surface area (Å²) in [6.45, 7) is 0. The fraction of sp³-hybridized carbons (Fsp3) is 0. The molecule has 0 atom stereocenters. The molecule has 0 bridgehead atoms. The molecular weight excluding hydrogens is 375 g/mol. The van der Waals surface area contributed by atoms with Crippen molar-refractivity contribution in [2.24, 2.45) is 0 Å². The first-order valence-corrected chi connectivity index (χ1v) is 8.02. The highest BCUT2D eigenvalue weighted by molar-refractivity contribution is 9.10.